The van der Waals surface area contributed by atoms with Crippen LogP contribution in [0.3, 0.4) is 0 Å². The summed E-state index contributed by atoms with van der Waals surface area (Å²) in [5.74, 6) is -0.803. The highest BCUT2D eigenvalue weighted by molar-refractivity contribution is 5.99. The number of nitrogens with zero attached hydrogens (tertiary/aromatic N) is 3. The number of primary amides is 1. The summed E-state index contributed by atoms with van der Waals surface area (Å²) in [6.07, 6.45) is 4.94. The van der Waals surface area contributed by atoms with Gasteiger partial charge in [-0.2, -0.15) is 0 Å². The fourth-order valence-electron chi connectivity index (χ4n) is 6.95. The molecule has 0 unspecified atom stereocenters. The molecule has 3 aliphatic heterocycles. The average Bonchev–Trinajstić information content (AvgIpc) is 3.60. The summed E-state index contributed by atoms with van der Waals surface area (Å²) in [4.78, 5) is 46.2. The second-order valence-electron chi connectivity index (χ2n) is 11.1. The molecule has 1 aromatic rings. The summed E-state index contributed by atoms with van der Waals surface area (Å²) >= 11 is 0. The first-order valence-corrected chi connectivity index (χ1v) is 13.7. The summed E-state index contributed by atoms with van der Waals surface area (Å²) in [7, 11) is 0. The van der Waals surface area contributed by atoms with Crippen molar-refractivity contribution in [3.8, 4) is 0 Å². The van der Waals surface area contributed by atoms with Gasteiger partial charge in [-0.1, -0.05) is 26.7 Å². The van der Waals surface area contributed by atoms with Crippen molar-refractivity contribution in [1.82, 2.24) is 9.80 Å². The maximum atomic E-state index is 14.3. The first kappa shape index (κ1) is 25.2. The number of likely N-dealkylation sites (tertiary alicyclic amines) is 1. The van der Waals surface area contributed by atoms with E-state index in [0.717, 1.165) is 76.1 Å². The van der Waals surface area contributed by atoms with E-state index in [1.165, 1.54) is 0 Å². The van der Waals surface area contributed by atoms with Gasteiger partial charge < -0.3 is 20.3 Å². The third-order valence-electron chi connectivity index (χ3n) is 8.77. The lowest BCUT2D eigenvalue weighted by atomic mass is 9.80. The maximum absolute atomic E-state index is 14.3. The number of hydrogen-bond acceptors (Lipinski definition) is 6. The van der Waals surface area contributed by atoms with Crippen molar-refractivity contribution in [3.05, 3.63) is 29.3 Å². The normalized spacial score (nSPS) is 28.1. The van der Waals surface area contributed by atoms with Gasteiger partial charge in [0.25, 0.3) is 0 Å². The quantitative estimate of drug-likeness (QED) is 0.623. The smallest absolute Gasteiger partial charge is 0.249 e. The highest BCUT2D eigenvalue weighted by Gasteiger charge is 2.52. The molecule has 1 aromatic carbocycles. The summed E-state index contributed by atoms with van der Waals surface area (Å²) in [6.45, 7) is 9.77. The molecule has 2 N–H and O–H groups in total. The minimum Gasteiger partial charge on any atom is -0.369 e. The van der Waals surface area contributed by atoms with Crippen LogP contribution in [0.4, 0.5) is 5.69 Å². The van der Waals surface area contributed by atoms with Gasteiger partial charge in [-0.3, -0.25) is 19.3 Å². The van der Waals surface area contributed by atoms with Crippen molar-refractivity contribution < 1.29 is 19.1 Å². The van der Waals surface area contributed by atoms with Crippen molar-refractivity contribution >= 4 is 23.3 Å². The van der Waals surface area contributed by atoms with Crippen molar-refractivity contribution in [1.29, 1.82) is 0 Å². The minimum absolute atomic E-state index is 0.0169. The third-order valence-corrected chi connectivity index (χ3v) is 8.77. The molecule has 2 amide bonds. The second kappa shape index (κ2) is 10.5. The summed E-state index contributed by atoms with van der Waals surface area (Å²) < 4.78 is 5.75. The first-order valence-electron chi connectivity index (χ1n) is 13.7. The van der Waals surface area contributed by atoms with E-state index in [-0.39, 0.29) is 36.2 Å². The Bertz CT molecular complexity index is 999. The van der Waals surface area contributed by atoms with Crippen LogP contribution >= 0.6 is 0 Å². The Kier molecular flexibility index (Phi) is 7.35. The fraction of sp³-hybridized carbons (Fsp3) is 0.679. The van der Waals surface area contributed by atoms with Crippen LogP contribution in [0.25, 0.3) is 0 Å². The minimum atomic E-state index is -0.511. The van der Waals surface area contributed by atoms with Gasteiger partial charge in [0.1, 0.15) is 12.6 Å². The van der Waals surface area contributed by atoms with E-state index in [1.54, 1.807) is 11.0 Å². The molecule has 3 heterocycles. The summed E-state index contributed by atoms with van der Waals surface area (Å²) in [5, 5.41) is 0. The molecule has 4 atom stereocenters. The zero-order valence-corrected chi connectivity index (χ0v) is 21.7. The average molecular weight is 497 g/mol. The number of amides is 2. The molecule has 36 heavy (non-hydrogen) atoms. The topological polar surface area (TPSA) is 96.2 Å². The van der Waals surface area contributed by atoms with Crippen molar-refractivity contribution in [2.24, 2.45) is 17.6 Å². The molecule has 0 radical (unpaired) electrons. The number of hydrogen-bond donors (Lipinski definition) is 1. The number of carbonyl (C=O) groups excluding carboxylic acids is 3. The van der Waals surface area contributed by atoms with Crippen LogP contribution < -0.4 is 10.6 Å². The van der Waals surface area contributed by atoms with E-state index in [4.69, 9.17) is 10.5 Å². The van der Waals surface area contributed by atoms with E-state index in [0.29, 0.717) is 12.1 Å². The molecule has 4 fully saturated rings. The van der Waals surface area contributed by atoms with Gasteiger partial charge >= 0.3 is 0 Å². The molecule has 196 valence electrons. The predicted molar refractivity (Wildman–Crippen MR) is 138 cm³/mol. The van der Waals surface area contributed by atoms with Crippen molar-refractivity contribution in [2.45, 2.75) is 64.0 Å². The molecule has 8 nitrogen and oxygen atoms in total. The van der Waals surface area contributed by atoms with E-state index in [9.17, 15) is 14.4 Å². The maximum Gasteiger partial charge on any atom is 0.249 e. The number of nitrogens with two attached hydrogens (primary N) is 1. The molecule has 0 bridgehead atoms. The van der Waals surface area contributed by atoms with Crippen molar-refractivity contribution in [2.75, 3.05) is 50.8 Å². The Hall–Kier alpha value is -2.45. The Morgan fingerprint density at radius 1 is 1.14 bits per heavy atom. The van der Waals surface area contributed by atoms with Crippen LogP contribution in [0.15, 0.2) is 18.2 Å². The fourth-order valence-corrected chi connectivity index (χ4v) is 6.95. The number of Topliss-reactive ketones (excluding diaryl/α,β-unsaturated/α-hetero) is 1. The zero-order chi connectivity index (χ0) is 25.4. The number of rotatable bonds is 7. The van der Waals surface area contributed by atoms with Gasteiger partial charge in [-0.05, 0) is 55.5 Å². The molecule has 0 spiro atoms. The molecule has 1 saturated carbocycles. The lowest BCUT2D eigenvalue weighted by Crippen LogP contribution is -2.47. The summed E-state index contributed by atoms with van der Waals surface area (Å²) in [6, 6.07) is 5.31. The Balaban J connectivity index is 1.49. The van der Waals surface area contributed by atoms with Crippen LogP contribution in [0.2, 0.25) is 0 Å². The van der Waals surface area contributed by atoms with Gasteiger partial charge in [-0.25, -0.2) is 0 Å². The van der Waals surface area contributed by atoms with E-state index < -0.39 is 17.9 Å². The molecule has 8 heteroatoms. The lowest BCUT2D eigenvalue weighted by molar-refractivity contribution is -0.138. The number of carbonyl (C=O) groups is 3. The molecule has 1 aliphatic carbocycles. The largest absolute Gasteiger partial charge is 0.369 e. The third kappa shape index (κ3) is 4.65. The number of ketones is 1. The van der Waals surface area contributed by atoms with Crippen LogP contribution in [-0.2, 0) is 14.3 Å². The van der Waals surface area contributed by atoms with Gasteiger partial charge in [0.15, 0.2) is 5.78 Å². The number of piperazine rings is 1. The lowest BCUT2D eigenvalue weighted by Gasteiger charge is -2.37. The number of anilines is 1. The van der Waals surface area contributed by atoms with Gasteiger partial charge in [0.05, 0.1) is 12.0 Å². The molecular formula is C28H40N4O4. The molecule has 5 rings (SSSR count). The monoisotopic (exact) mass is 496 g/mol. The first-order chi connectivity index (χ1) is 17.4. The van der Waals surface area contributed by atoms with Gasteiger partial charge in [-0.15, -0.1) is 0 Å². The Morgan fingerprint density at radius 3 is 2.53 bits per heavy atom. The molecule has 4 aliphatic rings. The van der Waals surface area contributed by atoms with Crippen LogP contribution in [0, 0.1) is 11.8 Å². The Morgan fingerprint density at radius 2 is 1.86 bits per heavy atom. The molecule has 3 saturated heterocycles. The molecular weight excluding hydrogens is 456 g/mol. The standard InChI is InChI=1S/C28H40N4O4/c1-3-10-30-11-13-31(14-12-30)20-8-9-21(27(29)34)22(15-20)24(19-6-4-5-7-19)28(35)32-16-18(2)26-25(32)23(33)17-36-26/h8-9,15,18-19,24-26H,3-7,10-14,16-17H2,1-2H3,(H2,29,34)/t18-,24-,25+,26+/m0/s1. The van der Waals surface area contributed by atoms with Crippen LogP contribution in [-0.4, -0.2) is 85.4 Å². The number of fused-ring (bicyclic) bond motifs is 1. The van der Waals surface area contributed by atoms with E-state index >= 15 is 0 Å². The second-order valence-corrected chi connectivity index (χ2v) is 11.1. The molecule has 0 aromatic heterocycles. The highest BCUT2D eigenvalue weighted by atomic mass is 16.5. The van der Waals surface area contributed by atoms with E-state index in [1.807, 2.05) is 19.1 Å². The zero-order valence-electron chi connectivity index (χ0n) is 21.7. The van der Waals surface area contributed by atoms with E-state index in [2.05, 4.69) is 16.7 Å². The SMILES string of the molecule is CCCN1CCN(c2ccc(C(N)=O)c([C@@H](C(=O)N3C[C@H](C)[C@H]4OCC(=O)[C@H]43)C3CCCC3)c2)CC1. The van der Waals surface area contributed by atoms with Crippen molar-refractivity contribution in [3.63, 3.8) is 0 Å². The number of benzene rings is 1. The van der Waals surface area contributed by atoms with Gasteiger partial charge in [0.2, 0.25) is 11.8 Å². The highest BCUT2D eigenvalue weighted by Crippen LogP contribution is 2.43. The van der Waals surface area contributed by atoms with Crippen LogP contribution in [0.5, 0.6) is 0 Å². The number of ether oxygens (including phenoxy) is 1. The Labute approximate surface area is 214 Å². The summed E-state index contributed by atoms with van der Waals surface area (Å²) in [5.41, 5.74) is 8.05. The van der Waals surface area contributed by atoms with Crippen LogP contribution in [0.1, 0.15) is 67.8 Å². The predicted octanol–water partition coefficient (Wildman–Crippen LogP) is 2.41. The van der Waals surface area contributed by atoms with Gasteiger partial charge in [0, 0.05) is 49.9 Å².